The van der Waals surface area contributed by atoms with Crippen molar-refractivity contribution in [1.82, 2.24) is 0 Å². The maximum absolute atomic E-state index is 10.5. The summed E-state index contributed by atoms with van der Waals surface area (Å²) in [6.07, 6.45) is 0. The fraction of sp³-hybridized carbons (Fsp3) is 0. The summed E-state index contributed by atoms with van der Waals surface area (Å²) < 4.78 is 29.4. The molecule has 0 amide bonds. The van der Waals surface area contributed by atoms with E-state index in [0.29, 0.717) is 17.2 Å². The van der Waals surface area contributed by atoms with E-state index in [9.17, 15) is 8.42 Å². The van der Waals surface area contributed by atoms with Crippen molar-refractivity contribution < 1.29 is 28.0 Å². The van der Waals surface area contributed by atoms with Gasteiger partial charge in [0.1, 0.15) is 18.3 Å². The summed E-state index contributed by atoms with van der Waals surface area (Å²) in [7, 11) is -4.08. The predicted molar refractivity (Wildman–Crippen MR) is 104 cm³/mol. The Balaban J connectivity index is 0.000000371. The van der Waals surface area contributed by atoms with E-state index in [-0.39, 0.29) is 4.90 Å². The van der Waals surface area contributed by atoms with Crippen LogP contribution in [-0.2, 0) is 14.9 Å². The Morgan fingerprint density at radius 1 is 0.667 bits per heavy atom. The second kappa shape index (κ2) is 12.9. The molecule has 0 aliphatic rings. The number of carbonyl (C=O) groups is 1. The summed E-state index contributed by atoms with van der Waals surface area (Å²) in [6, 6.07) is 22.7. The van der Waals surface area contributed by atoms with Crippen LogP contribution in [0.3, 0.4) is 0 Å². The Hall–Kier alpha value is -3.36. The number of para-hydroxylation sites is 2. The molecule has 3 aromatic carbocycles. The number of benzene rings is 3. The minimum atomic E-state index is -4.08. The molecule has 7 nitrogen and oxygen atoms in total. The number of phenolic OH excluding ortho intramolecular Hbond substituents is 2. The molecule has 3 rings (SSSR count). The summed E-state index contributed by atoms with van der Waals surface area (Å²) in [6.45, 7) is 2.00. The van der Waals surface area contributed by atoms with Gasteiger partial charge >= 0.3 is 0 Å². The molecule has 0 heterocycles. The predicted octanol–water partition coefficient (Wildman–Crippen LogP) is 3.12. The van der Waals surface area contributed by atoms with Gasteiger partial charge in [-0.2, -0.15) is 8.42 Å². The normalized spacial score (nSPS) is 9.22. The number of nitrogen functional groups attached to an aromatic ring is 1. The standard InChI is InChI=1S/C6H7NO3S.2C6H6O.CH2O/c7-5-1-3-6(4-2-5)11(8,9)10;2*7-6-4-2-1-3-5-6;1-2/h1-4H,7H2,(H,8,9,10);2*1-5,7H;1H2. The van der Waals surface area contributed by atoms with Crippen LogP contribution >= 0.6 is 0 Å². The van der Waals surface area contributed by atoms with Crippen molar-refractivity contribution in [1.29, 1.82) is 0 Å². The second-order valence-electron chi connectivity index (χ2n) is 4.72. The Bertz CT molecular complexity index is 816. The van der Waals surface area contributed by atoms with Gasteiger partial charge in [-0.1, -0.05) is 36.4 Å². The Labute approximate surface area is 158 Å². The van der Waals surface area contributed by atoms with Crippen molar-refractivity contribution in [3.05, 3.63) is 84.9 Å². The smallest absolute Gasteiger partial charge is 0.294 e. The van der Waals surface area contributed by atoms with Gasteiger partial charge in [0.05, 0.1) is 4.90 Å². The lowest BCUT2D eigenvalue weighted by molar-refractivity contribution is -0.0980. The number of hydrogen-bond donors (Lipinski definition) is 4. The Morgan fingerprint density at radius 2 is 1.00 bits per heavy atom. The van der Waals surface area contributed by atoms with Crippen molar-refractivity contribution >= 4 is 22.6 Å². The molecule has 0 aliphatic carbocycles. The molecule has 144 valence electrons. The molecular weight excluding hydrogens is 370 g/mol. The Morgan fingerprint density at radius 3 is 1.22 bits per heavy atom. The minimum absolute atomic E-state index is 0.147. The van der Waals surface area contributed by atoms with Crippen LogP contribution in [0.25, 0.3) is 0 Å². The van der Waals surface area contributed by atoms with Gasteiger partial charge in [-0.15, -0.1) is 0 Å². The van der Waals surface area contributed by atoms with Crippen LogP contribution in [0.5, 0.6) is 11.5 Å². The van der Waals surface area contributed by atoms with Crippen molar-refractivity contribution in [2.24, 2.45) is 0 Å². The van der Waals surface area contributed by atoms with Crippen LogP contribution in [0.4, 0.5) is 5.69 Å². The Kier molecular flexibility index (Phi) is 11.3. The zero-order valence-corrected chi connectivity index (χ0v) is 15.2. The largest absolute Gasteiger partial charge is 0.508 e. The monoisotopic (exact) mass is 391 g/mol. The average molecular weight is 391 g/mol. The van der Waals surface area contributed by atoms with Crippen LogP contribution in [-0.4, -0.2) is 30.0 Å². The molecule has 0 unspecified atom stereocenters. The molecule has 0 saturated heterocycles. The lowest BCUT2D eigenvalue weighted by atomic mass is 10.3. The first kappa shape index (κ1) is 23.6. The van der Waals surface area contributed by atoms with E-state index in [2.05, 4.69) is 0 Å². The SMILES string of the molecule is C=O.Nc1ccc(S(=O)(=O)O)cc1.Oc1ccccc1.Oc1ccccc1. The summed E-state index contributed by atoms with van der Waals surface area (Å²) in [5.41, 5.74) is 5.75. The molecular formula is C19H21NO6S. The zero-order chi connectivity index (χ0) is 20.7. The third kappa shape index (κ3) is 11.8. The van der Waals surface area contributed by atoms with Crippen molar-refractivity contribution in [2.75, 3.05) is 5.73 Å². The van der Waals surface area contributed by atoms with E-state index >= 15 is 0 Å². The van der Waals surface area contributed by atoms with Gasteiger partial charge in [-0.05, 0) is 48.5 Å². The van der Waals surface area contributed by atoms with E-state index in [0.717, 1.165) is 0 Å². The van der Waals surface area contributed by atoms with Crippen LogP contribution in [0.1, 0.15) is 0 Å². The van der Waals surface area contributed by atoms with E-state index < -0.39 is 10.1 Å². The minimum Gasteiger partial charge on any atom is -0.508 e. The topological polar surface area (TPSA) is 138 Å². The summed E-state index contributed by atoms with van der Waals surface area (Å²) in [5.74, 6) is 0.644. The highest BCUT2D eigenvalue weighted by Crippen LogP contribution is 2.10. The summed E-state index contributed by atoms with van der Waals surface area (Å²) in [5, 5.41) is 17.3. The number of hydrogen-bond acceptors (Lipinski definition) is 6. The molecule has 0 bridgehead atoms. The highest BCUT2D eigenvalue weighted by Gasteiger charge is 2.06. The third-order valence-corrected chi connectivity index (χ3v) is 3.56. The number of carbonyl (C=O) groups excluding carboxylic acids is 1. The lowest BCUT2D eigenvalue weighted by Gasteiger charge is -1.95. The van der Waals surface area contributed by atoms with Crippen LogP contribution in [0, 0.1) is 0 Å². The summed E-state index contributed by atoms with van der Waals surface area (Å²) >= 11 is 0. The van der Waals surface area contributed by atoms with Gasteiger partial charge < -0.3 is 20.7 Å². The van der Waals surface area contributed by atoms with Gasteiger partial charge in [0.25, 0.3) is 10.1 Å². The molecule has 8 heteroatoms. The molecule has 0 aromatic heterocycles. The van der Waals surface area contributed by atoms with Gasteiger partial charge in [-0.25, -0.2) is 0 Å². The zero-order valence-electron chi connectivity index (χ0n) is 14.3. The van der Waals surface area contributed by atoms with Crippen molar-refractivity contribution in [2.45, 2.75) is 4.90 Å². The van der Waals surface area contributed by atoms with Gasteiger partial charge in [0.15, 0.2) is 0 Å². The van der Waals surface area contributed by atoms with Crippen LogP contribution in [0.2, 0.25) is 0 Å². The van der Waals surface area contributed by atoms with Gasteiger partial charge in [-0.3, -0.25) is 4.55 Å². The average Bonchev–Trinajstić information content (AvgIpc) is 2.65. The van der Waals surface area contributed by atoms with E-state index in [4.69, 9.17) is 25.3 Å². The maximum atomic E-state index is 10.5. The number of anilines is 1. The van der Waals surface area contributed by atoms with Gasteiger partial charge in [0.2, 0.25) is 0 Å². The molecule has 3 aromatic rings. The van der Waals surface area contributed by atoms with E-state index in [1.807, 2.05) is 18.9 Å². The molecule has 0 spiro atoms. The van der Waals surface area contributed by atoms with Crippen LogP contribution < -0.4 is 5.73 Å². The number of rotatable bonds is 1. The molecule has 0 saturated carbocycles. The fourth-order valence-corrected chi connectivity index (χ4v) is 1.98. The van der Waals surface area contributed by atoms with E-state index in [1.165, 1.54) is 24.3 Å². The van der Waals surface area contributed by atoms with Gasteiger partial charge in [0, 0.05) is 5.69 Å². The van der Waals surface area contributed by atoms with Crippen molar-refractivity contribution in [3.63, 3.8) is 0 Å². The van der Waals surface area contributed by atoms with Crippen molar-refractivity contribution in [3.8, 4) is 11.5 Å². The molecule has 27 heavy (non-hydrogen) atoms. The summed E-state index contributed by atoms with van der Waals surface area (Å²) in [4.78, 5) is 7.85. The molecule has 5 N–H and O–H groups in total. The second-order valence-corrected chi connectivity index (χ2v) is 6.14. The molecule has 0 atom stereocenters. The fourth-order valence-electron chi connectivity index (χ4n) is 1.50. The molecule has 0 radical (unpaired) electrons. The molecule has 0 aliphatic heterocycles. The van der Waals surface area contributed by atoms with E-state index in [1.54, 1.807) is 48.5 Å². The van der Waals surface area contributed by atoms with Crippen LogP contribution in [0.15, 0.2) is 89.8 Å². The third-order valence-electron chi connectivity index (χ3n) is 2.69. The first-order chi connectivity index (χ1) is 12.8. The number of nitrogens with two attached hydrogens (primary N) is 1. The number of aromatic hydroxyl groups is 2. The first-order valence-electron chi connectivity index (χ1n) is 7.39. The highest BCUT2D eigenvalue weighted by molar-refractivity contribution is 7.85. The lowest BCUT2D eigenvalue weighted by Crippen LogP contribution is -1.97. The quantitative estimate of drug-likeness (QED) is 0.369. The number of phenols is 2. The molecule has 0 fully saturated rings. The maximum Gasteiger partial charge on any atom is 0.294 e. The highest BCUT2D eigenvalue weighted by atomic mass is 32.2. The first-order valence-corrected chi connectivity index (χ1v) is 8.83.